The zero-order valence-electron chi connectivity index (χ0n) is 12.9. The summed E-state index contributed by atoms with van der Waals surface area (Å²) in [5.74, 6) is 0.0933. The van der Waals surface area contributed by atoms with Crippen LogP contribution in [0, 0.1) is 0 Å². The van der Waals surface area contributed by atoms with Crippen molar-refractivity contribution in [3.63, 3.8) is 0 Å². The minimum absolute atomic E-state index is 0.234. The van der Waals surface area contributed by atoms with Gasteiger partial charge in [-0.1, -0.05) is 32.0 Å². The highest BCUT2D eigenvalue weighted by molar-refractivity contribution is 6.03. The summed E-state index contributed by atoms with van der Waals surface area (Å²) in [5, 5.41) is 17.2. The highest BCUT2D eigenvalue weighted by atomic mass is 16.3. The van der Waals surface area contributed by atoms with Gasteiger partial charge in [0.15, 0.2) is 5.69 Å². The quantitative estimate of drug-likeness (QED) is 0.915. The largest absolute Gasteiger partial charge is 0.387 e. The molecule has 22 heavy (non-hydrogen) atoms. The van der Waals surface area contributed by atoms with E-state index in [1.807, 2.05) is 24.3 Å². The average molecular weight is 299 g/mol. The Bertz CT molecular complexity index is 691. The number of carbonyl (C=O) groups excluding carboxylic acids is 1. The molecule has 0 aliphatic carbocycles. The predicted molar refractivity (Wildman–Crippen MR) is 84.9 cm³/mol. The molecule has 3 rings (SSSR count). The molecule has 116 valence electrons. The van der Waals surface area contributed by atoms with E-state index >= 15 is 0 Å². The van der Waals surface area contributed by atoms with Crippen molar-refractivity contribution in [1.29, 1.82) is 0 Å². The number of aliphatic hydroxyl groups is 1. The number of anilines is 1. The molecule has 1 aliphatic rings. The second-order valence-corrected chi connectivity index (χ2v) is 6.03. The molecule has 2 N–H and O–H groups in total. The van der Waals surface area contributed by atoms with Gasteiger partial charge in [0.2, 0.25) is 0 Å². The highest BCUT2D eigenvalue weighted by Gasteiger charge is 2.23. The molecular weight excluding hydrogens is 278 g/mol. The Morgan fingerprint density at radius 1 is 1.41 bits per heavy atom. The molecule has 0 spiro atoms. The summed E-state index contributed by atoms with van der Waals surface area (Å²) in [5.41, 5.74) is 3.00. The summed E-state index contributed by atoms with van der Waals surface area (Å²) in [7, 11) is 0. The first-order valence-corrected chi connectivity index (χ1v) is 7.72. The standard InChI is InChI=1S/C17H21N3O2/c1-11(2)12-6-3-4-7-13(12)18-17(22)14-10-15-16(21)8-5-9-20(15)19-14/h3-4,6-7,10-11,16,21H,5,8-9H2,1-2H3,(H,18,22). The maximum absolute atomic E-state index is 12.4. The van der Waals surface area contributed by atoms with Gasteiger partial charge in [-0.2, -0.15) is 5.10 Å². The van der Waals surface area contributed by atoms with Crippen molar-refractivity contribution in [3.05, 3.63) is 47.3 Å². The van der Waals surface area contributed by atoms with Gasteiger partial charge in [0.25, 0.3) is 5.91 Å². The van der Waals surface area contributed by atoms with Crippen molar-refractivity contribution in [2.24, 2.45) is 0 Å². The van der Waals surface area contributed by atoms with E-state index in [9.17, 15) is 9.90 Å². The van der Waals surface area contributed by atoms with E-state index in [1.165, 1.54) is 0 Å². The molecule has 1 aliphatic heterocycles. The van der Waals surface area contributed by atoms with Gasteiger partial charge in [-0.15, -0.1) is 0 Å². The van der Waals surface area contributed by atoms with Crippen molar-refractivity contribution in [2.45, 2.75) is 45.3 Å². The van der Waals surface area contributed by atoms with E-state index in [1.54, 1.807) is 10.7 Å². The Morgan fingerprint density at radius 3 is 2.91 bits per heavy atom. The number of fused-ring (bicyclic) bond motifs is 1. The van der Waals surface area contributed by atoms with Crippen LogP contribution in [0.2, 0.25) is 0 Å². The van der Waals surface area contributed by atoms with Gasteiger partial charge >= 0.3 is 0 Å². The lowest BCUT2D eigenvalue weighted by atomic mass is 10.0. The van der Waals surface area contributed by atoms with E-state index in [2.05, 4.69) is 24.3 Å². The van der Waals surface area contributed by atoms with Gasteiger partial charge in [-0.3, -0.25) is 9.48 Å². The number of nitrogens with zero attached hydrogens (tertiary/aromatic N) is 2. The monoisotopic (exact) mass is 299 g/mol. The molecular formula is C17H21N3O2. The minimum Gasteiger partial charge on any atom is -0.387 e. The third-order valence-electron chi connectivity index (χ3n) is 4.06. The van der Waals surface area contributed by atoms with Crippen LogP contribution in [0.3, 0.4) is 0 Å². The molecule has 0 fully saturated rings. The van der Waals surface area contributed by atoms with Crippen LogP contribution in [0.5, 0.6) is 0 Å². The van der Waals surface area contributed by atoms with Crippen LogP contribution < -0.4 is 5.32 Å². The maximum Gasteiger partial charge on any atom is 0.276 e. The van der Waals surface area contributed by atoms with Crippen molar-refractivity contribution >= 4 is 11.6 Å². The first-order chi connectivity index (χ1) is 10.6. The number of hydrogen-bond donors (Lipinski definition) is 2. The Morgan fingerprint density at radius 2 is 2.18 bits per heavy atom. The lowest BCUT2D eigenvalue weighted by molar-refractivity contribution is 0.102. The molecule has 0 saturated carbocycles. The summed E-state index contributed by atoms with van der Waals surface area (Å²) in [6.45, 7) is 4.94. The zero-order chi connectivity index (χ0) is 15.7. The molecule has 2 aromatic rings. The van der Waals surface area contributed by atoms with Crippen LogP contribution in [0.15, 0.2) is 30.3 Å². The number of para-hydroxylation sites is 1. The van der Waals surface area contributed by atoms with Gasteiger partial charge < -0.3 is 10.4 Å². The SMILES string of the molecule is CC(C)c1ccccc1NC(=O)c1cc2n(n1)CCCC2O. The van der Waals surface area contributed by atoms with Crippen LogP contribution in [-0.4, -0.2) is 20.8 Å². The minimum atomic E-state index is -0.522. The second kappa shape index (κ2) is 5.93. The predicted octanol–water partition coefficient (Wildman–Crippen LogP) is 3.09. The van der Waals surface area contributed by atoms with Crippen LogP contribution in [0.25, 0.3) is 0 Å². The number of hydrogen-bond acceptors (Lipinski definition) is 3. The summed E-state index contributed by atoms with van der Waals surface area (Å²) in [4.78, 5) is 12.4. The number of aliphatic hydroxyl groups excluding tert-OH is 1. The summed E-state index contributed by atoms with van der Waals surface area (Å²) in [6.07, 6.45) is 1.08. The molecule has 1 atom stereocenters. The lowest BCUT2D eigenvalue weighted by Crippen LogP contribution is -2.16. The fourth-order valence-corrected chi connectivity index (χ4v) is 2.87. The third-order valence-corrected chi connectivity index (χ3v) is 4.06. The zero-order valence-corrected chi connectivity index (χ0v) is 12.9. The molecule has 5 nitrogen and oxygen atoms in total. The summed E-state index contributed by atoms with van der Waals surface area (Å²) in [6, 6.07) is 9.48. The van der Waals surface area contributed by atoms with E-state index in [0.717, 1.165) is 36.3 Å². The Kier molecular flexibility index (Phi) is 3.98. The van der Waals surface area contributed by atoms with Crippen molar-refractivity contribution in [1.82, 2.24) is 9.78 Å². The number of aryl methyl sites for hydroxylation is 1. The van der Waals surface area contributed by atoms with Gasteiger partial charge in [0.1, 0.15) is 0 Å². The average Bonchev–Trinajstić information content (AvgIpc) is 2.93. The third kappa shape index (κ3) is 2.76. The topological polar surface area (TPSA) is 67.2 Å². The maximum atomic E-state index is 12.4. The molecule has 0 radical (unpaired) electrons. The van der Waals surface area contributed by atoms with E-state index in [0.29, 0.717) is 11.6 Å². The number of benzene rings is 1. The summed E-state index contributed by atoms with van der Waals surface area (Å²) >= 11 is 0. The fourth-order valence-electron chi connectivity index (χ4n) is 2.87. The van der Waals surface area contributed by atoms with Crippen molar-refractivity contribution in [3.8, 4) is 0 Å². The molecule has 1 unspecified atom stereocenters. The molecule has 1 aromatic carbocycles. The lowest BCUT2D eigenvalue weighted by Gasteiger charge is -2.18. The molecule has 2 heterocycles. The fraction of sp³-hybridized carbons (Fsp3) is 0.412. The first kappa shape index (κ1) is 14.8. The number of amides is 1. The highest BCUT2D eigenvalue weighted by Crippen LogP contribution is 2.27. The Labute approximate surface area is 130 Å². The van der Waals surface area contributed by atoms with Crippen molar-refractivity contribution in [2.75, 3.05) is 5.32 Å². The van der Waals surface area contributed by atoms with Crippen LogP contribution in [0.1, 0.15) is 60.5 Å². The number of nitrogens with one attached hydrogen (secondary N) is 1. The van der Waals surface area contributed by atoms with Gasteiger partial charge in [0, 0.05) is 12.2 Å². The van der Waals surface area contributed by atoms with Crippen LogP contribution >= 0.6 is 0 Å². The van der Waals surface area contributed by atoms with Crippen LogP contribution in [0.4, 0.5) is 5.69 Å². The molecule has 1 aromatic heterocycles. The van der Waals surface area contributed by atoms with Gasteiger partial charge in [0.05, 0.1) is 11.8 Å². The molecule has 0 saturated heterocycles. The smallest absolute Gasteiger partial charge is 0.276 e. The van der Waals surface area contributed by atoms with Gasteiger partial charge in [-0.25, -0.2) is 0 Å². The van der Waals surface area contributed by atoms with E-state index < -0.39 is 6.10 Å². The molecule has 1 amide bonds. The Balaban J connectivity index is 1.84. The van der Waals surface area contributed by atoms with E-state index in [-0.39, 0.29) is 5.91 Å². The van der Waals surface area contributed by atoms with Crippen LogP contribution in [-0.2, 0) is 6.54 Å². The first-order valence-electron chi connectivity index (χ1n) is 7.72. The number of carbonyl (C=O) groups is 1. The number of aromatic nitrogens is 2. The number of rotatable bonds is 3. The molecule has 0 bridgehead atoms. The molecule has 5 heteroatoms. The Hall–Kier alpha value is -2.14. The normalized spacial score (nSPS) is 17.4. The second-order valence-electron chi connectivity index (χ2n) is 6.03. The summed E-state index contributed by atoms with van der Waals surface area (Å²) < 4.78 is 1.73. The van der Waals surface area contributed by atoms with Gasteiger partial charge in [-0.05, 0) is 36.5 Å². The van der Waals surface area contributed by atoms with Crippen molar-refractivity contribution < 1.29 is 9.90 Å². The van der Waals surface area contributed by atoms with E-state index in [4.69, 9.17) is 0 Å².